The van der Waals surface area contributed by atoms with Crippen molar-refractivity contribution in [3.05, 3.63) is 53.3 Å². The molecule has 1 unspecified atom stereocenters. The van der Waals surface area contributed by atoms with Gasteiger partial charge in [0.25, 0.3) is 0 Å². The van der Waals surface area contributed by atoms with E-state index in [-0.39, 0.29) is 34.3 Å². The number of rotatable bonds is 7. The normalized spacial score (nSPS) is 26.8. The molecule has 2 aromatic carbocycles. The van der Waals surface area contributed by atoms with Crippen LogP contribution in [0.2, 0.25) is 0 Å². The number of carboxylic acid groups (broad SMARTS) is 1. The van der Waals surface area contributed by atoms with Crippen LogP contribution < -0.4 is 4.74 Å². The van der Waals surface area contributed by atoms with Gasteiger partial charge < -0.3 is 54.7 Å². The number of esters is 1. The lowest BCUT2D eigenvalue weighted by Crippen LogP contribution is -2.59. The maximum Gasteiger partial charge on any atom is 0.317 e. The first-order valence-electron chi connectivity index (χ1n) is 11.0. The molecule has 0 aliphatic carbocycles. The molecule has 1 fully saturated rings. The van der Waals surface area contributed by atoms with E-state index in [0.717, 1.165) is 6.07 Å². The Labute approximate surface area is 209 Å². The summed E-state index contributed by atoms with van der Waals surface area (Å²) in [4.78, 5) is 22.2. The zero-order valence-corrected chi connectivity index (χ0v) is 19.0. The molecular weight excluding hydrogens is 496 g/mol. The molecule has 1 saturated heterocycles. The van der Waals surface area contributed by atoms with Crippen LogP contribution in [0.1, 0.15) is 23.7 Å². The second kappa shape index (κ2) is 10.5. The van der Waals surface area contributed by atoms with Gasteiger partial charge in [-0.25, -0.2) is 0 Å². The standard InChI is InChI=1S/C24H24O13/c25-11-3-1-10(2-4-11)23-16(7-13-14(27)5-12(26)6-15(13)35-23)36-24-22(33)21(32)20(31)17(37-24)9-34-19(30)8-18(28)29/h1-7,17,20-27,31-33H,8-9H2,(H,28,29)/t17-,20-,21-,22-,23?,24-/m1/s1. The van der Waals surface area contributed by atoms with Gasteiger partial charge in [0.2, 0.25) is 6.29 Å². The number of phenolic OH excluding ortho intramolecular Hbond substituents is 3. The average Bonchev–Trinajstić information content (AvgIpc) is 2.83. The number of hydrogen-bond acceptors (Lipinski definition) is 12. The average molecular weight is 520 g/mol. The van der Waals surface area contributed by atoms with Crippen molar-refractivity contribution in [3.63, 3.8) is 0 Å². The Kier molecular flexibility index (Phi) is 7.40. The summed E-state index contributed by atoms with van der Waals surface area (Å²) in [7, 11) is 0. The van der Waals surface area contributed by atoms with Gasteiger partial charge in [-0.15, -0.1) is 0 Å². The van der Waals surface area contributed by atoms with Crippen molar-refractivity contribution in [3.8, 4) is 23.0 Å². The van der Waals surface area contributed by atoms with Crippen LogP contribution in [0.5, 0.6) is 23.0 Å². The molecule has 2 aliphatic heterocycles. The van der Waals surface area contributed by atoms with E-state index in [1.165, 1.54) is 36.4 Å². The SMILES string of the molecule is O=C(O)CC(=O)OC[C@H]1O[C@@H](OC2=Cc3c(O)cc(O)cc3OC2c2ccc(O)cc2)[C@H](O)[C@H](O)[C@@H]1O. The van der Waals surface area contributed by atoms with Gasteiger partial charge in [-0.2, -0.15) is 0 Å². The third kappa shape index (κ3) is 5.70. The summed E-state index contributed by atoms with van der Waals surface area (Å²) in [5.74, 6) is -3.07. The van der Waals surface area contributed by atoms with Crippen molar-refractivity contribution in [2.75, 3.05) is 6.61 Å². The minimum Gasteiger partial charge on any atom is -0.508 e. The highest BCUT2D eigenvalue weighted by Crippen LogP contribution is 2.44. The predicted octanol–water partition coefficient (Wildman–Crippen LogP) is 0.120. The van der Waals surface area contributed by atoms with Crippen molar-refractivity contribution in [1.82, 2.24) is 0 Å². The molecule has 2 heterocycles. The Morgan fingerprint density at radius 1 is 0.919 bits per heavy atom. The number of benzene rings is 2. The lowest BCUT2D eigenvalue weighted by atomic mass is 9.98. The highest BCUT2D eigenvalue weighted by molar-refractivity contribution is 5.90. The summed E-state index contributed by atoms with van der Waals surface area (Å²) in [6.45, 7) is -0.642. The molecule has 198 valence electrons. The van der Waals surface area contributed by atoms with Gasteiger partial charge >= 0.3 is 11.9 Å². The summed E-state index contributed by atoms with van der Waals surface area (Å²) in [6.07, 6.45) is -8.89. The fraction of sp³-hybridized carbons (Fsp3) is 0.333. The van der Waals surface area contributed by atoms with Gasteiger partial charge in [-0.1, -0.05) is 12.1 Å². The molecular formula is C24H24O13. The van der Waals surface area contributed by atoms with Gasteiger partial charge in [-0.05, 0) is 18.2 Å². The number of aliphatic hydroxyl groups is 3. The van der Waals surface area contributed by atoms with Gasteiger partial charge in [-0.3, -0.25) is 9.59 Å². The number of fused-ring (bicyclic) bond motifs is 1. The molecule has 7 N–H and O–H groups in total. The summed E-state index contributed by atoms with van der Waals surface area (Å²) in [6, 6.07) is 8.16. The lowest BCUT2D eigenvalue weighted by molar-refractivity contribution is -0.294. The van der Waals surface area contributed by atoms with Crippen LogP contribution in [-0.4, -0.2) is 85.0 Å². The number of carboxylic acids is 1. The summed E-state index contributed by atoms with van der Waals surface area (Å²) >= 11 is 0. The second-order valence-corrected chi connectivity index (χ2v) is 8.40. The Balaban J connectivity index is 1.61. The van der Waals surface area contributed by atoms with Crippen LogP contribution in [0.25, 0.3) is 6.08 Å². The van der Waals surface area contributed by atoms with E-state index in [0.29, 0.717) is 5.56 Å². The topological polar surface area (TPSA) is 213 Å². The number of ether oxygens (including phenoxy) is 4. The number of phenols is 3. The molecule has 13 nitrogen and oxygen atoms in total. The molecule has 2 aliphatic rings. The largest absolute Gasteiger partial charge is 0.508 e. The number of aliphatic carboxylic acids is 1. The zero-order chi connectivity index (χ0) is 26.9. The summed E-state index contributed by atoms with van der Waals surface area (Å²) in [5.41, 5.74) is 0.593. The van der Waals surface area contributed by atoms with E-state index < -0.39 is 61.8 Å². The second-order valence-electron chi connectivity index (χ2n) is 8.40. The Hall–Kier alpha value is -4.04. The van der Waals surface area contributed by atoms with Crippen LogP contribution in [0.15, 0.2) is 42.2 Å². The maximum atomic E-state index is 11.6. The van der Waals surface area contributed by atoms with Gasteiger partial charge in [0.15, 0.2) is 6.10 Å². The molecule has 0 saturated carbocycles. The van der Waals surface area contributed by atoms with Crippen LogP contribution in [0.4, 0.5) is 0 Å². The van der Waals surface area contributed by atoms with E-state index in [2.05, 4.69) is 0 Å². The lowest BCUT2D eigenvalue weighted by Gasteiger charge is -2.41. The van der Waals surface area contributed by atoms with Crippen molar-refractivity contribution < 1.29 is 64.3 Å². The highest BCUT2D eigenvalue weighted by Gasteiger charge is 2.46. The molecule has 37 heavy (non-hydrogen) atoms. The Bertz CT molecular complexity index is 1190. The van der Waals surface area contributed by atoms with E-state index in [9.17, 15) is 40.2 Å². The third-order valence-electron chi connectivity index (χ3n) is 5.72. The first-order valence-corrected chi connectivity index (χ1v) is 11.0. The monoisotopic (exact) mass is 520 g/mol. The molecule has 4 rings (SSSR count). The quantitative estimate of drug-likeness (QED) is 0.191. The molecule has 0 spiro atoms. The van der Waals surface area contributed by atoms with Crippen molar-refractivity contribution in [1.29, 1.82) is 0 Å². The first kappa shape index (κ1) is 26.0. The van der Waals surface area contributed by atoms with Crippen LogP contribution in [-0.2, 0) is 23.8 Å². The van der Waals surface area contributed by atoms with Gasteiger partial charge in [0.05, 0.1) is 5.56 Å². The highest BCUT2D eigenvalue weighted by atomic mass is 16.7. The van der Waals surface area contributed by atoms with E-state index in [4.69, 9.17) is 24.1 Å². The number of carbonyl (C=O) groups excluding carboxylic acids is 1. The fourth-order valence-corrected chi connectivity index (χ4v) is 3.86. The molecule has 6 atom stereocenters. The molecule has 2 aromatic rings. The van der Waals surface area contributed by atoms with Crippen LogP contribution >= 0.6 is 0 Å². The van der Waals surface area contributed by atoms with E-state index in [1.807, 2.05) is 0 Å². The number of aromatic hydroxyl groups is 3. The molecule has 0 aromatic heterocycles. The third-order valence-corrected chi connectivity index (χ3v) is 5.72. The molecule has 13 heteroatoms. The van der Waals surface area contributed by atoms with Gasteiger partial charge in [0, 0.05) is 17.7 Å². The molecule has 0 bridgehead atoms. The molecule has 0 radical (unpaired) electrons. The Morgan fingerprint density at radius 3 is 2.30 bits per heavy atom. The number of aliphatic hydroxyl groups excluding tert-OH is 3. The minimum atomic E-state index is -1.79. The molecule has 0 amide bonds. The summed E-state index contributed by atoms with van der Waals surface area (Å²) < 4.78 is 22.1. The van der Waals surface area contributed by atoms with E-state index >= 15 is 0 Å². The van der Waals surface area contributed by atoms with Crippen LogP contribution in [0, 0.1) is 0 Å². The summed E-state index contributed by atoms with van der Waals surface area (Å²) in [5, 5.41) is 69.5. The minimum absolute atomic E-state index is 0.0200. The zero-order valence-electron chi connectivity index (χ0n) is 19.0. The predicted molar refractivity (Wildman–Crippen MR) is 120 cm³/mol. The van der Waals surface area contributed by atoms with Crippen molar-refractivity contribution in [2.45, 2.75) is 43.2 Å². The Morgan fingerprint density at radius 2 is 1.62 bits per heavy atom. The van der Waals surface area contributed by atoms with Crippen molar-refractivity contribution >= 4 is 18.0 Å². The smallest absolute Gasteiger partial charge is 0.317 e. The maximum absolute atomic E-state index is 11.6. The van der Waals surface area contributed by atoms with E-state index in [1.54, 1.807) is 0 Å². The number of carbonyl (C=O) groups is 2. The fourth-order valence-electron chi connectivity index (χ4n) is 3.86. The van der Waals surface area contributed by atoms with Gasteiger partial charge in [0.1, 0.15) is 66.2 Å². The van der Waals surface area contributed by atoms with Crippen LogP contribution in [0.3, 0.4) is 0 Å². The van der Waals surface area contributed by atoms with Crippen molar-refractivity contribution in [2.24, 2.45) is 0 Å². The first-order chi connectivity index (χ1) is 17.5. The number of hydrogen-bond donors (Lipinski definition) is 7.